The lowest BCUT2D eigenvalue weighted by atomic mass is 9.45. The van der Waals surface area contributed by atoms with Crippen LogP contribution in [0.15, 0.2) is 4.79 Å². The first-order valence-electron chi connectivity index (χ1n) is 8.39. The predicted molar refractivity (Wildman–Crippen MR) is 89.3 cm³/mol. The van der Waals surface area contributed by atoms with Gasteiger partial charge >= 0.3 is 11.5 Å². The van der Waals surface area contributed by atoms with Gasteiger partial charge in [0, 0.05) is 6.04 Å². The fraction of sp³-hybridized carbons (Fsp3) is 0.706. The maximum Gasteiger partial charge on any atom is 0.309 e. The smallest absolute Gasteiger partial charge is 0.309 e. The standard InChI is InChI=1S/C17H25N3O4/c1-8-10-5-9(17(10,2)3)6-11(8)18-14-12(7-13(21)22)19-20-16(23)15(14)24-4/h8-11H,5-7H2,1-4H3,(H,21,22)(H2,18,20,23)/t8-,9+,10-,11-/m1/s1. The summed E-state index contributed by atoms with van der Waals surface area (Å²) in [5.41, 5.74) is 0.616. The Balaban J connectivity index is 1.91. The second-order valence-electron chi connectivity index (χ2n) is 7.68. The van der Waals surface area contributed by atoms with Gasteiger partial charge in [0.2, 0.25) is 5.75 Å². The lowest BCUT2D eigenvalue weighted by Gasteiger charge is -2.62. The second kappa shape index (κ2) is 5.79. The number of rotatable bonds is 5. The third-order valence-electron chi connectivity index (χ3n) is 6.22. The Labute approximate surface area is 140 Å². The maximum atomic E-state index is 12.0. The van der Waals surface area contributed by atoms with Crippen molar-refractivity contribution in [3.8, 4) is 5.75 Å². The summed E-state index contributed by atoms with van der Waals surface area (Å²) in [6.45, 7) is 6.87. The Morgan fingerprint density at radius 3 is 2.71 bits per heavy atom. The molecule has 3 saturated carbocycles. The summed E-state index contributed by atoms with van der Waals surface area (Å²) in [4.78, 5) is 23.1. The highest BCUT2D eigenvalue weighted by atomic mass is 16.5. The number of hydrogen-bond donors (Lipinski definition) is 3. The summed E-state index contributed by atoms with van der Waals surface area (Å²) in [6.07, 6.45) is 1.99. The van der Waals surface area contributed by atoms with E-state index in [-0.39, 0.29) is 18.2 Å². The number of aliphatic carboxylic acids is 1. The van der Waals surface area contributed by atoms with Crippen LogP contribution in [0.1, 0.15) is 39.3 Å². The number of nitrogens with one attached hydrogen (secondary N) is 2. The lowest BCUT2D eigenvalue weighted by molar-refractivity contribution is -0.136. The van der Waals surface area contributed by atoms with Crippen LogP contribution < -0.4 is 15.6 Å². The molecule has 0 saturated heterocycles. The number of methoxy groups -OCH3 is 1. The molecule has 0 spiro atoms. The van der Waals surface area contributed by atoms with Crippen molar-refractivity contribution in [1.29, 1.82) is 0 Å². The van der Waals surface area contributed by atoms with Gasteiger partial charge in [-0.25, -0.2) is 5.10 Å². The van der Waals surface area contributed by atoms with Crippen LogP contribution in [0.3, 0.4) is 0 Å². The van der Waals surface area contributed by atoms with E-state index < -0.39 is 11.5 Å². The minimum atomic E-state index is -1.000. The number of fused-ring (bicyclic) bond motifs is 2. The van der Waals surface area contributed by atoms with Crippen LogP contribution in [0.5, 0.6) is 5.75 Å². The van der Waals surface area contributed by atoms with Gasteiger partial charge in [-0.2, -0.15) is 5.10 Å². The van der Waals surface area contributed by atoms with E-state index in [2.05, 4.69) is 36.3 Å². The number of aromatic nitrogens is 2. The molecule has 1 aromatic heterocycles. The Hall–Kier alpha value is -2.05. The molecule has 4 atom stereocenters. The van der Waals surface area contributed by atoms with Crippen LogP contribution in [-0.2, 0) is 11.2 Å². The van der Waals surface area contributed by atoms with Crippen molar-refractivity contribution in [2.45, 2.75) is 46.1 Å². The summed E-state index contributed by atoms with van der Waals surface area (Å²) < 4.78 is 5.21. The zero-order chi connectivity index (χ0) is 17.6. The summed E-state index contributed by atoms with van der Waals surface area (Å²) in [5, 5.41) is 18.7. The maximum absolute atomic E-state index is 12.0. The molecular weight excluding hydrogens is 310 g/mol. The van der Waals surface area contributed by atoms with E-state index in [9.17, 15) is 9.59 Å². The lowest BCUT2D eigenvalue weighted by Crippen LogP contribution is -2.58. The molecule has 7 heteroatoms. The van der Waals surface area contributed by atoms with Crippen LogP contribution in [-0.4, -0.2) is 34.4 Å². The first-order valence-corrected chi connectivity index (χ1v) is 8.39. The predicted octanol–water partition coefficient (Wildman–Crippen LogP) is 1.89. The highest BCUT2D eigenvalue weighted by Gasteiger charge is 2.56. The average molecular weight is 335 g/mol. The fourth-order valence-electron chi connectivity index (χ4n) is 4.61. The van der Waals surface area contributed by atoms with E-state index in [0.29, 0.717) is 34.6 Å². The molecule has 1 aromatic rings. The summed E-state index contributed by atoms with van der Waals surface area (Å²) in [6, 6.07) is 0.187. The molecule has 0 aliphatic heterocycles. The Bertz CT molecular complexity index is 712. The Morgan fingerprint density at radius 2 is 2.17 bits per heavy atom. The molecule has 24 heavy (non-hydrogen) atoms. The van der Waals surface area contributed by atoms with Gasteiger partial charge in [0.1, 0.15) is 5.69 Å². The van der Waals surface area contributed by atoms with E-state index in [1.165, 1.54) is 13.5 Å². The Kier molecular flexibility index (Phi) is 4.05. The number of carboxylic acid groups (broad SMARTS) is 1. The molecule has 4 rings (SSSR count). The van der Waals surface area contributed by atoms with Crippen LogP contribution >= 0.6 is 0 Å². The van der Waals surface area contributed by atoms with Crippen LogP contribution in [0.4, 0.5) is 5.69 Å². The van der Waals surface area contributed by atoms with Crippen molar-refractivity contribution < 1.29 is 14.6 Å². The summed E-state index contributed by atoms with van der Waals surface area (Å²) in [7, 11) is 1.41. The van der Waals surface area contributed by atoms with Crippen molar-refractivity contribution in [1.82, 2.24) is 10.2 Å². The van der Waals surface area contributed by atoms with E-state index in [0.717, 1.165) is 6.42 Å². The molecule has 3 fully saturated rings. The monoisotopic (exact) mass is 335 g/mol. The van der Waals surface area contributed by atoms with Gasteiger partial charge in [0.25, 0.3) is 0 Å². The number of H-pyrrole nitrogens is 1. The summed E-state index contributed by atoms with van der Waals surface area (Å²) >= 11 is 0. The molecule has 2 bridgehead atoms. The third-order valence-corrected chi connectivity index (χ3v) is 6.22. The Morgan fingerprint density at radius 1 is 1.46 bits per heavy atom. The topological polar surface area (TPSA) is 104 Å². The number of nitrogens with zero attached hydrogens (tertiary/aromatic N) is 1. The van der Waals surface area contributed by atoms with Gasteiger partial charge in [-0.1, -0.05) is 20.8 Å². The quantitative estimate of drug-likeness (QED) is 0.759. The zero-order valence-corrected chi connectivity index (χ0v) is 14.5. The van der Waals surface area contributed by atoms with E-state index >= 15 is 0 Å². The van der Waals surface area contributed by atoms with Gasteiger partial charge in [-0.15, -0.1) is 0 Å². The molecule has 3 N–H and O–H groups in total. The number of aromatic amines is 1. The van der Waals surface area contributed by atoms with Crippen molar-refractivity contribution in [3.63, 3.8) is 0 Å². The van der Waals surface area contributed by atoms with Crippen molar-refractivity contribution in [3.05, 3.63) is 16.0 Å². The number of carbonyl (C=O) groups is 1. The van der Waals surface area contributed by atoms with Crippen molar-refractivity contribution >= 4 is 11.7 Å². The van der Waals surface area contributed by atoms with Crippen molar-refractivity contribution in [2.24, 2.45) is 23.2 Å². The second-order valence-corrected chi connectivity index (χ2v) is 7.68. The highest BCUT2D eigenvalue weighted by molar-refractivity contribution is 5.74. The van der Waals surface area contributed by atoms with Gasteiger partial charge in [-0.05, 0) is 36.0 Å². The number of hydrogen-bond acceptors (Lipinski definition) is 5. The molecule has 0 amide bonds. The third kappa shape index (κ3) is 2.56. The minimum Gasteiger partial charge on any atom is -0.490 e. The van der Waals surface area contributed by atoms with Gasteiger partial charge in [0.15, 0.2) is 0 Å². The molecule has 0 aromatic carbocycles. The first-order chi connectivity index (χ1) is 11.3. The van der Waals surface area contributed by atoms with E-state index in [1.54, 1.807) is 0 Å². The molecule has 3 aliphatic carbocycles. The molecule has 132 valence electrons. The summed E-state index contributed by atoms with van der Waals surface area (Å²) in [5.74, 6) is 0.830. The number of carboxylic acids is 1. The van der Waals surface area contributed by atoms with E-state index in [4.69, 9.17) is 9.84 Å². The average Bonchev–Trinajstić information content (AvgIpc) is 2.51. The largest absolute Gasteiger partial charge is 0.490 e. The number of anilines is 1. The zero-order valence-electron chi connectivity index (χ0n) is 14.5. The fourth-order valence-corrected chi connectivity index (χ4v) is 4.61. The van der Waals surface area contributed by atoms with Crippen LogP contribution in [0.25, 0.3) is 0 Å². The highest BCUT2D eigenvalue weighted by Crippen LogP contribution is 2.61. The first kappa shape index (κ1) is 16.8. The molecule has 1 heterocycles. The molecule has 0 radical (unpaired) electrons. The van der Waals surface area contributed by atoms with Gasteiger partial charge in [0.05, 0.1) is 19.2 Å². The van der Waals surface area contributed by atoms with Gasteiger partial charge in [-0.3, -0.25) is 9.59 Å². The minimum absolute atomic E-state index is 0.104. The SMILES string of the molecule is COc1c(N[C@@H]2C[C@@H]3C[C@H]([C@H]2C)C3(C)C)c(CC(=O)O)n[nH]c1=O. The van der Waals surface area contributed by atoms with E-state index in [1.807, 2.05) is 0 Å². The molecule has 7 nitrogen and oxygen atoms in total. The normalized spacial score (nSPS) is 30.3. The van der Waals surface area contributed by atoms with Gasteiger partial charge < -0.3 is 15.2 Å². The van der Waals surface area contributed by atoms with Crippen LogP contribution in [0, 0.1) is 23.2 Å². The molecule has 3 aliphatic rings. The van der Waals surface area contributed by atoms with Crippen LogP contribution in [0.2, 0.25) is 0 Å². The molecular formula is C17H25N3O4. The number of ether oxygens (including phenoxy) is 1. The van der Waals surface area contributed by atoms with Crippen molar-refractivity contribution in [2.75, 3.05) is 12.4 Å². The molecule has 0 unspecified atom stereocenters.